The number of carbonyl (C=O) groups is 4. The SMILES string of the molecule is CC[C@@H](c1nc(-c2ccc(-c3ccc(-c4nc([C@@H]5CC(C)CN5C(=O)[C@@H](NC(=O)OI)C5CCOCC5)[nH]c4Cl)cc3)cc2)c(Cl)[nH]1)N(C(=O)[C@@H](NC(=O)OC)C1CCC1)C(C)C. The number of aromatic amines is 2. The lowest BCUT2D eigenvalue weighted by Gasteiger charge is -2.40. The molecule has 3 fully saturated rings. The maximum atomic E-state index is 14.2. The van der Waals surface area contributed by atoms with Gasteiger partial charge in [-0.1, -0.05) is 92.0 Å². The van der Waals surface area contributed by atoms with E-state index in [4.69, 9.17) is 45.7 Å². The minimum atomic E-state index is -0.746. The number of hydrogen-bond donors (Lipinski definition) is 4. The molecular weight excluding hydrogens is 962 g/mol. The van der Waals surface area contributed by atoms with E-state index in [1.165, 1.54) is 30.1 Å². The van der Waals surface area contributed by atoms with Gasteiger partial charge < -0.3 is 42.9 Å². The van der Waals surface area contributed by atoms with Crippen LogP contribution in [-0.2, 0) is 22.1 Å². The van der Waals surface area contributed by atoms with Crippen molar-refractivity contribution in [3.63, 3.8) is 0 Å². The van der Waals surface area contributed by atoms with Gasteiger partial charge in [0.1, 0.15) is 45.4 Å². The van der Waals surface area contributed by atoms with Crippen LogP contribution >= 0.6 is 46.2 Å². The van der Waals surface area contributed by atoms with Gasteiger partial charge in [-0.25, -0.2) is 19.6 Å². The van der Waals surface area contributed by atoms with Gasteiger partial charge in [0, 0.05) is 36.9 Å². The molecule has 1 unspecified atom stereocenters. The number of amides is 4. The Morgan fingerprint density at radius 3 is 1.95 bits per heavy atom. The fourth-order valence-corrected chi connectivity index (χ4v) is 9.80. The Hall–Kier alpha value is -4.39. The highest BCUT2D eigenvalue weighted by Gasteiger charge is 2.43. The first-order chi connectivity index (χ1) is 30.3. The Labute approximate surface area is 391 Å². The maximum Gasteiger partial charge on any atom is 0.417 e. The van der Waals surface area contributed by atoms with Crippen LogP contribution in [0.4, 0.5) is 9.59 Å². The van der Waals surface area contributed by atoms with Gasteiger partial charge in [0.15, 0.2) is 23.0 Å². The molecule has 7 rings (SSSR count). The number of rotatable bonds is 14. The number of halogens is 3. The number of nitrogens with zero attached hydrogens (tertiary/aromatic N) is 4. The van der Waals surface area contributed by atoms with E-state index in [1.54, 1.807) is 4.90 Å². The predicted octanol–water partition coefficient (Wildman–Crippen LogP) is 9.43. The largest absolute Gasteiger partial charge is 0.453 e. The van der Waals surface area contributed by atoms with Gasteiger partial charge >= 0.3 is 12.2 Å². The van der Waals surface area contributed by atoms with E-state index < -0.39 is 30.3 Å². The summed E-state index contributed by atoms with van der Waals surface area (Å²) in [5.74, 6) is 1.01. The molecule has 4 heterocycles. The standard InChI is InChI=1S/C45H55Cl2IN8O7/c1-6-32(56(24(2)3)43(58)37(28-8-7-9-28)51-44(59)61-5)40-49-34(38(46)53-40)29-14-10-26(11-15-29)27-12-16-30(17-13-27)35-39(47)54-41(50-35)33-22-25(4)23-55(33)42(57)36(52-45(60)63-48)31-18-20-62-21-19-31/h10-17,24-25,28,31-33,36-37H,6-9,18-23H2,1-5H3,(H,49,53)(H,50,54)(H,51,59)(H,52,60)/t25?,32-,33-,36-,37-/m0/s1. The quantitative estimate of drug-likeness (QED) is 0.0894. The van der Waals surface area contributed by atoms with Gasteiger partial charge in [0.2, 0.25) is 11.8 Å². The second-order valence-electron chi connectivity index (χ2n) is 17.1. The van der Waals surface area contributed by atoms with Crippen molar-refractivity contribution in [2.45, 2.75) is 103 Å². The van der Waals surface area contributed by atoms with Gasteiger partial charge in [-0.2, -0.15) is 0 Å². The third-order valence-electron chi connectivity index (χ3n) is 12.7. The number of carbonyl (C=O) groups excluding carboxylic acids is 4. The predicted molar refractivity (Wildman–Crippen MR) is 248 cm³/mol. The molecule has 2 saturated heterocycles. The zero-order valence-electron chi connectivity index (χ0n) is 36.1. The lowest BCUT2D eigenvalue weighted by Crippen LogP contribution is -2.56. The van der Waals surface area contributed by atoms with E-state index in [0.717, 1.165) is 41.5 Å². The summed E-state index contributed by atoms with van der Waals surface area (Å²) in [6, 6.07) is 13.5. The van der Waals surface area contributed by atoms with Crippen molar-refractivity contribution in [1.82, 2.24) is 40.4 Å². The van der Waals surface area contributed by atoms with Crippen molar-refractivity contribution in [3.05, 3.63) is 70.5 Å². The van der Waals surface area contributed by atoms with Gasteiger partial charge in [0.25, 0.3) is 0 Å². The maximum absolute atomic E-state index is 14.2. The van der Waals surface area contributed by atoms with Crippen LogP contribution in [0, 0.1) is 17.8 Å². The van der Waals surface area contributed by atoms with Crippen molar-refractivity contribution in [2.75, 3.05) is 26.9 Å². The summed E-state index contributed by atoms with van der Waals surface area (Å²) in [4.78, 5) is 72.9. The molecule has 2 aromatic carbocycles. The van der Waals surface area contributed by atoms with Gasteiger partial charge in [-0.3, -0.25) is 9.59 Å². The van der Waals surface area contributed by atoms with Crippen LogP contribution in [0.2, 0.25) is 10.3 Å². The molecule has 0 radical (unpaired) electrons. The number of hydrogen-bond acceptors (Lipinski definition) is 9. The van der Waals surface area contributed by atoms with Gasteiger partial charge in [-0.15, -0.1) is 0 Å². The first-order valence-electron chi connectivity index (χ1n) is 21.7. The molecule has 18 heteroatoms. The zero-order valence-corrected chi connectivity index (χ0v) is 39.8. The van der Waals surface area contributed by atoms with Crippen molar-refractivity contribution >= 4 is 70.2 Å². The second kappa shape index (κ2) is 20.6. The first-order valence-corrected chi connectivity index (χ1v) is 23.3. The lowest BCUT2D eigenvalue weighted by molar-refractivity contribution is -0.140. The van der Waals surface area contributed by atoms with Crippen molar-refractivity contribution in [2.24, 2.45) is 17.8 Å². The van der Waals surface area contributed by atoms with Crippen LogP contribution < -0.4 is 10.6 Å². The molecule has 5 atom stereocenters. The number of alkyl carbamates (subject to hydrolysis) is 1. The average Bonchev–Trinajstić information content (AvgIpc) is 3.98. The summed E-state index contributed by atoms with van der Waals surface area (Å²) in [5, 5.41) is 6.34. The molecule has 4 aromatic rings. The molecular formula is C45H55Cl2IN8O7. The van der Waals surface area contributed by atoms with Crippen LogP contribution in [0.3, 0.4) is 0 Å². The number of benzene rings is 2. The highest BCUT2D eigenvalue weighted by Crippen LogP contribution is 2.40. The normalized spacial score (nSPS) is 19.5. The summed E-state index contributed by atoms with van der Waals surface area (Å²) in [5.41, 5.74) is 4.73. The summed E-state index contributed by atoms with van der Waals surface area (Å²) in [6.45, 7) is 9.60. The van der Waals surface area contributed by atoms with Crippen molar-refractivity contribution in [1.29, 1.82) is 0 Å². The molecule has 63 heavy (non-hydrogen) atoms. The zero-order chi connectivity index (χ0) is 44.9. The minimum absolute atomic E-state index is 0.0492. The molecule has 2 aromatic heterocycles. The van der Waals surface area contributed by atoms with Gasteiger partial charge in [0.05, 0.1) is 19.2 Å². The average molecular weight is 1020 g/mol. The topological polar surface area (TPSA) is 184 Å². The van der Waals surface area contributed by atoms with Crippen molar-refractivity contribution < 1.29 is 31.7 Å². The monoisotopic (exact) mass is 1020 g/mol. The summed E-state index contributed by atoms with van der Waals surface area (Å²) in [7, 11) is 1.30. The summed E-state index contributed by atoms with van der Waals surface area (Å²) >= 11 is 15.1. The molecule has 2 aliphatic heterocycles. The fourth-order valence-electron chi connectivity index (χ4n) is 9.18. The first kappa shape index (κ1) is 46.6. The van der Waals surface area contributed by atoms with Crippen LogP contribution in [-0.4, -0.2) is 98.7 Å². The number of likely N-dealkylation sites (tertiary alicyclic amines) is 1. The molecule has 3 aliphatic rings. The third kappa shape index (κ3) is 10.3. The van der Waals surface area contributed by atoms with E-state index in [9.17, 15) is 19.2 Å². The van der Waals surface area contributed by atoms with Crippen molar-refractivity contribution in [3.8, 4) is 33.6 Å². The Morgan fingerprint density at radius 1 is 0.857 bits per heavy atom. The van der Waals surface area contributed by atoms with Crippen LogP contribution in [0.5, 0.6) is 0 Å². The van der Waals surface area contributed by atoms with Gasteiger partial charge in [-0.05, 0) is 81.3 Å². The van der Waals surface area contributed by atoms with Crippen LogP contribution in [0.1, 0.15) is 96.4 Å². The summed E-state index contributed by atoms with van der Waals surface area (Å²) in [6.07, 6.45) is 4.05. The Morgan fingerprint density at radius 2 is 1.41 bits per heavy atom. The highest BCUT2D eigenvalue weighted by molar-refractivity contribution is 14.1. The van der Waals surface area contributed by atoms with E-state index in [1.807, 2.05) is 74.2 Å². The van der Waals surface area contributed by atoms with E-state index in [0.29, 0.717) is 78.8 Å². The number of aromatic nitrogens is 4. The number of imidazole rings is 2. The Kier molecular flexibility index (Phi) is 15.3. The highest BCUT2D eigenvalue weighted by atomic mass is 127. The fraction of sp³-hybridized carbons (Fsp3) is 0.511. The van der Waals surface area contributed by atoms with Crippen LogP contribution in [0.25, 0.3) is 33.6 Å². The van der Waals surface area contributed by atoms with Crippen LogP contribution in [0.15, 0.2) is 48.5 Å². The van der Waals surface area contributed by atoms with E-state index in [-0.39, 0.29) is 41.7 Å². The number of methoxy groups -OCH3 is 1. The smallest absolute Gasteiger partial charge is 0.417 e. The molecule has 338 valence electrons. The third-order valence-corrected chi connectivity index (χ3v) is 13.6. The number of nitrogens with one attached hydrogen (secondary N) is 4. The van der Waals surface area contributed by atoms with E-state index >= 15 is 0 Å². The molecule has 0 spiro atoms. The molecule has 1 aliphatic carbocycles. The van der Waals surface area contributed by atoms with E-state index in [2.05, 4.69) is 27.5 Å². The molecule has 15 nitrogen and oxygen atoms in total. The second-order valence-corrected chi connectivity index (χ2v) is 18.3. The lowest BCUT2D eigenvalue weighted by atomic mass is 9.79. The Balaban J connectivity index is 1.06. The molecule has 4 amide bonds. The number of ether oxygens (including phenoxy) is 2. The molecule has 4 N–H and O–H groups in total. The Bertz CT molecular complexity index is 2240. The summed E-state index contributed by atoms with van der Waals surface area (Å²) < 4.78 is 15.3. The molecule has 1 saturated carbocycles. The minimum Gasteiger partial charge on any atom is -0.453 e. The number of H-pyrrole nitrogens is 2. The molecule has 0 bridgehead atoms.